The minimum atomic E-state index is 0.756. The van der Waals surface area contributed by atoms with E-state index in [4.69, 9.17) is 15.3 Å². The Kier molecular flexibility index (Phi) is 3.92. The summed E-state index contributed by atoms with van der Waals surface area (Å²) in [5.41, 5.74) is 1.89. The van der Waals surface area contributed by atoms with Crippen molar-refractivity contribution in [3.8, 4) is 11.5 Å². The molecule has 0 unspecified atom stereocenters. The summed E-state index contributed by atoms with van der Waals surface area (Å²) < 4.78 is 10.8. The Balaban J connectivity index is 2.44. The molecule has 0 aromatic heterocycles. The molecule has 0 saturated carbocycles. The van der Waals surface area contributed by atoms with Crippen LogP contribution < -0.4 is 20.2 Å². The molecule has 1 fully saturated rings. The summed E-state index contributed by atoms with van der Waals surface area (Å²) in [6.07, 6.45) is 4.00. The van der Waals surface area contributed by atoms with Crippen LogP contribution in [0.4, 0.5) is 5.69 Å². The maximum Gasteiger partial charge on any atom is 0.143 e. The zero-order valence-corrected chi connectivity index (χ0v) is 10.8. The first-order chi connectivity index (χ1) is 8.80. The quantitative estimate of drug-likeness (QED) is 0.500. The van der Waals surface area contributed by atoms with Gasteiger partial charge in [-0.25, -0.2) is 0 Å². The van der Waals surface area contributed by atoms with Crippen molar-refractivity contribution in [1.29, 1.82) is 0 Å². The summed E-state index contributed by atoms with van der Waals surface area (Å²) in [6, 6.07) is 3.89. The van der Waals surface area contributed by atoms with Crippen molar-refractivity contribution in [1.82, 2.24) is 0 Å². The Morgan fingerprint density at radius 1 is 1.17 bits per heavy atom. The van der Waals surface area contributed by atoms with Crippen LogP contribution in [0.25, 0.3) is 0 Å². The van der Waals surface area contributed by atoms with Crippen LogP contribution in [0.15, 0.2) is 17.2 Å². The zero-order chi connectivity index (χ0) is 13.0. The third-order valence-electron chi connectivity index (χ3n) is 3.19. The molecule has 0 atom stereocenters. The Bertz CT molecular complexity index is 440. The van der Waals surface area contributed by atoms with E-state index in [2.05, 4.69) is 10.0 Å². The predicted octanol–water partition coefficient (Wildman–Crippen LogP) is 1.60. The molecule has 1 aromatic carbocycles. The van der Waals surface area contributed by atoms with Crippen LogP contribution in [0.1, 0.15) is 18.4 Å². The van der Waals surface area contributed by atoms with Crippen LogP contribution in [0.5, 0.6) is 11.5 Å². The lowest BCUT2D eigenvalue weighted by molar-refractivity contribution is 0.402. The Morgan fingerprint density at radius 2 is 1.83 bits per heavy atom. The molecule has 0 radical (unpaired) electrons. The van der Waals surface area contributed by atoms with E-state index in [-0.39, 0.29) is 0 Å². The van der Waals surface area contributed by atoms with Crippen molar-refractivity contribution in [2.24, 2.45) is 10.9 Å². The number of hydrazone groups is 1. The van der Waals surface area contributed by atoms with Gasteiger partial charge in [0, 0.05) is 24.7 Å². The van der Waals surface area contributed by atoms with E-state index in [1.807, 2.05) is 12.1 Å². The van der Waals surface area contributed by atoms with E-state index in [1.54, 1.807) is 20.4 Å². The van der Waals surface area contributed by atoms with Gasteiger partial charge in [0.1, 0.15) is 11.5 Å². The van der Waals surface area contributed by atoms with Gasteiger partial charge >= 0.3 is 0 Å². The van der Waals surface area contributed by atoms with Crippen molar-refractivity contribution in [3.05, 3.63) is 17.7 Å². The van der Waals surface area contributed by atoms with Crippen molar-refractivity contribution in [2.45, 2.75) is 12.8 Å². The second-order valence-corrected chi connectivity index (χ2v) is 4.24. The summed E-state index contributed by atoms with van der Waals surface area (Å²) >= 11 is 0. The molecule has 0 spiro atoms. The van der Waals surface area contributed by atoms with Gasteiger partial charge in [0.25, 0.3) is 0 Å². The molecule has 2 rings (SSSR count). The minimum Gasteiger partial charge on any atom is -0.496 e. The smallest absolute Gasteiger partial charge is 0.143 e. The van der Waals surface area contributed by atoms with Gasteiger partial charge in [0.2, 0.25) is 0 Å². The lowest BCUT2D eigenvalue weighted by Crippen LogP contribution is -2.18. The Labute approximate surface area is 107 Å². The number of benzene rings is 1. The van der Waals surface area contributed by atoms with Crippen molar-refractivity contribution in [3.63, 3.8) is 0 Å². The normalized spacial score (nSPS) is 15.3. The highest BCUT2D eigenvalue weighted by molar-refractivity contribution is 5.86. The molecular formula is C13H19N3O2. The maximum atomic E-state index is 5.44. The van der Waals surface area contributed by atoms with Crippen LogP contribution in [-0.2, 0) is 0 Å². The third-order valence-corrected chi connectivity index (χ3v) is 3.19. The van der Waals surface area contributed by atoms with Gasteiger partial charge in [-0.15, -0.1) is 0 Å². The standard InChI is InChI=1S/C13H19N3O2/c1-17-12-8-11(16-5-3-4-6-16)13(18-2)7-10(12)9-15-14/h7-9H,3-6,14H2,1-2H3. The van der Waals surface area contributed by atoms with Crippen LogP contribution in [0.3, 0.4) is 0 Å². The third kappa shape index (κ3) is 2.34. The highest BCUT2D eigenvalue weighted by atomic mass is 16.5. The maximum absolute atomic E-state index is 5.44. The molecule has 2 N–H and O–H groups in total. The molecule has 5 nitrogen and oxygen atoms in total. The van der Waals surface area contributed by atoms with Crippen molar-refractivity contribution < 1.29 is 9.47 Å². The number of hydrogen-bond acceptors (Lipinski definition) is 5. The molecule has 1 aromatic rings. The number of rotatable bonds is 4. The zero-order valence-electron chi connectivity index (χ0n) is 10.8. The fraction of sp³-hybridized carbons (Fsp3) is 0.462. The van der Waals surface area contributed by atoms with Crippen molar-refractivity contribution >= 4 is 11.9 Å². The van der Waals surface area contributed by atoms with Gasteiger partial charge in [-0.2, -0.15) is 5.10 Å². The number of ether oxygens (including phenoxy) is 2. The van der Waals surface area contributed by atoms with Crippen LogP contribution in [0.2, 0.25) is 0 Å². The summed E-state index contributed by atoms with van der Waals surface area (Å²) in [5.74, 6) is 6.78. The molecule has 1 aliphatic rings. The highest BCUT2D eigenvalue weighted by Gasteiger charge is 2.18. The molecule has 0 amide bonds. The largest absolute Gasteiger partial charge is 0.496 e. The second-order valence-electron chi connectivity index (χ2n) is 4.24. The number of methoxy groups -OCH3 is 2. The molecule has 1 aliphatic heterocycles. The van der Waals surface area contributed by atoms with Gasteiger partial charge in [0.15, 0.2) is 0 Å². The summed E-state index contributed by atoms with van der Waals surface area (Å²) in [4.78, 5) is 2.31. The van der Waals surface area contributed by atoms with E-state index in [0.29, 0.717) is 0 Å². The fourth-order valence-corrected chi connectivity index (χ4v) is 2.29. The summed E-state index contributed by atoms with van der Waals surface area (Å²) in [5, 5.41) is 3.54. The van der Waals surface area contributed by atoms with Gasteiger partial charge in [0.05, 0.1) is 26.1 Å². The van der Waals surface area contributed by atoms with E-state index in [9.17, 15) is 0 Å². The fourth-order valence-electron chi connectivity index (χ4n) is 2.29. The first kappa shape index (κ1) is 12.5. The van der Waals surface area contributed by atoms with Gasteiger partial charge in [-0.1, -0.05) is 0 Å². The van der Waals surface area contributed by atoms with Crippen molar-refractivity contribution in [2.75, 3.05) is 32.2 Å². The molecule has 1 saturated heterocycles. The first-order valence-corrected chi connectivity index (χ1v) is 6.04. The SMILES string of the molecule is COc1cc(N2CCCC2)c(OC)cc1C=NN. The molecule has 1 heterocycles. The number of hydrogen-bond donors (Lipinski definition) is 1. The summed E-state index contributed by atoms with van der Waals surface area (Å²) in [7, 11) is 3.31. The lowest BCUT2D eigenvalue weighted by Gasteiger charge is -2.22. The molecule has 18 heavy (non-hydrogen) atoms. The molecule has 0 bridgehead atoms. The average molecular weight is 249 g/mol. The van der Waals surface area contributed by atoms with Crippen LogP contribution in [0, 0.1) is 0 Å². The first-order valence-electron chi connectivity index (χ1n) is 6.04. The number of anilines is 1. The lowest BCUT2D eigenvalue weighted by atomic mass is 10.1. The van der Waals surface area contributed by atoms with Crippen LogP contribution in [-0.4, -0.2) is 33.5 Å². The molecule has 5 heteroatoms. The predicted molar refractivity (Wildman–Crippen MR) is 72.8 cm³/mol. The van der Waals surface area contributed by atoms with E-state index >= 15 is 0 Å². The monoisotopic (exact) mass is 249 g/mol. The summed E-state index contributed by atoms with van der Waals surface area (Å²) in [6.45, 7) is 2.12. The van der Waals surface area contributed by atoms with Gasteiger partial charge in [-0.05, 0) is 18.9 Å². The van der Waals surface area contributed by atoms with E-state index < -0.39 is 0 Å². The minimum absolute atomic E-state index is 0.756. The number of nitrogens with zero attached hydrogens (tertiary/aromatic N) is 2. The molecule has 0 aliphatic carbocycles. The second kappa shape index (κ2) is 5.62. The topological polar surface area (TPSA) is 60.1 Å². The van der Waals surface area contributed by atoms with Gasteiger partial charge in [-0.3, -0.25) is 0 Å². The average Bonchev–Trinajstić information content (AvgIpc) is 2.92. The van der Waals surface area contributed by atoms with Gasteiger partial charge < -0.3 is 20.2 Å². The Morgan fingerprint density at radius 3 is 2.39 bits per heavy atom. The highest BCUT2D eigenvalue weighted by Crippen LogP contribution is 2.36. The van der Waals surface area contributed by atoms with E-state index in [0.717, 1.165) is 35.8 Å². The van der Waals surface area contributed by atoms with Crippen LogP contribution >= 0.6 is 0 Å². The number of nitrogens with two attached hydrogens (primary N) is 1. The molecular weight excluding hydrogens is 230 g/mol. The van der Waals surface area contributed by atoms with E-state index in [1.165, 1.54) is 12.8 Å². The Hall–Kier alpha value is -1.91. The molecule has 98 valence electrons.